The Bertz CT molecular complexity index is 456. The van der Waals surface area contributed by atoms with Crippen LogP contribution in [0.25, 0.3) is 0 Å². The predicted octanol–water partition coefficient (Wildman–Crippen LogP) is 5.84. The fourth-order valence-electron chi connectivity index (χ4n) is 3.36. The molecule has 0 bridgehead atoms. The molecule has 0 aromatic rings. The van der Waals surface area contributed by atoms with E-state index in [0.29, 0.717) is 5.75 Å². The van der Waals surface area contributed by atoms with Crippen molar-refractivity contribution in [2.24, 2.45) is 5.73 Å². The van der Waals surface area contributed by atoms with E-state index in [4.69, 9.17) is 10.8 Å². The van der Waals surface area contributed by atoms with E-state index in [1.165, 1.54) is 82.4 Å². The van der Waals surface area contributed by atoms with Gasteiger partial charge in [-0.15, -0.1) is 0 Å². The number of aliphatic carboxylic acids is 1. The molecule has 2 unspecified atom stereocenters. The van der Waals surface area contributed by atoms with Crippen LogP contribution in [0.1, 0.15) is 110 Å². The highest BCUT2D eigenvalue weighted by molar-refractivity contribution is 8.00. The van der Waals surface area contributed by atoms with Gasteiger partial charge in [0.1, 0.15) is 0 Å². The zero-order chi connectivity index (χ0) is 22.5. The summed E-state index contributed by atoms with van der Waals surface area (Å²) in [6.45, 7) is 2.26. The van der Waals surface area contributed by atoms with Crippen molar-refractivity contribution in [1.29, 1.82) is 0 Å². The number of carboxylic acids is 1. The number of hydrogen-bond acceptors (Lipinski definition) is 4. The second-order valence-electron chi connectivity index (χ2n) is 8.16. The number of allylic oxidation sites excluding steroid dienone is 1. The summed E-state index contributed by atoms with van der Waals surface area (Å²) in [7, 11) is 0. The van der Waals surface area contributed by atoms with Crippen LogP contribution in [-0.2, 0) is 9.59 Å². The van der Waals surface area contributed by atoms with Crippen molar-refractivity contribution >= 4 is 23.6 Å². The van der Waals surface area contributed by atoms with Gasteiger partial charge in [0.05, 0.1) is 6.10 Å². The Morgan fingerprint density at radius 2 is 1.43 bits per heavy atom. The summed E-state index contributed by atoms with van der Waals surface area (Å²) in [6, 6.07) is 0. The minimum Gasteiger partial charge on any atom is -0.481 e. The Balaban J connectivity index is 3.86. The molecule has 6 heteroatoms. The molecule has 0 saturated heterocycles. The second kappa shape index (κ2) is 21.2. The van der Waals surface area contributed by atoms with E-state index in [0.717, 1.165) is 12.8 Å². The van der Waals surface area contributed by atoms with Crippen LogP contribution in [0.4, 0.5) is 0 Å². The molecule has 0 aliphatic rings. The molecule has 0 aliphatic heterocycles. The summed E-state index contributed by atoms with van der Waals surface area (Å²) < 4.78 is 0. The number of thioether (sulfide) groups is 1. The summed E-state index contributed by atoms with van der Waals surface area (Å²) >= 11 is 1.46. The molecule has 0 aliphatic carbocycles. The molecule has 0 heterocycles. The monoisotopic (exact) mass is 443 g/mol. The minimum absolute atomic E-state index is 0.0549. The number of nitrogens with two attached hydrogens (primary N) is 1. The molecule has 0 aromatic carbocycles. The Hall–Kier alpha value is -1.01. The maximum atomic E-state index is 10.9. The maximum Gasteiger partial charge on any atom is 0.303 e. The molecule has 0 radical (unpaired) electrons. The largest absolute Gasteiger partial charge is 0.481 e. The molecule has 0 spiro atoms. The van der Waals surface area contributed by atoms with Crippen molar-refractivity contribution in [3.8, 4) is 0 Å². The molecule has 4 N–H and O–H groups in total. The topological polar surface area (TPSA) is 101 Å². The predicted molar refractivity (Wildman–Crippen MR) is 128 cm³/mol. The lowest BCUT2D eigenvalue weighted by Crippen LogP contribution is -2.23. The quantitative estimate of drug-likeness (QED) is 0.144. The normalized spacial score (nSPS) is 13.5. The number of primary amides is 1. The number of amides is 1. The van der Waals surface area contributed by atoms with Gasteiger partial charge in [0.2, 0.25) is 5.91 Å². The van der Waals surface area contributed by atoms with Gasteiger partial charge in [-0.25, -0.2) is 0 Å². The highest BCUT2D eigenvalue weighted by Gasteiger charge is 2.18. The van der Waals surface area contributed by atoms with Gasteiger partial charge in [-0.2, -0.15) is 11.8 Å². The summed E-state index contributed by atoms with van der Waals surface area (Å²) in [4.78, 5) is 21.6. The number of aliphatic hydroxyl groups is 1. The van der Waals surface area contributed by atoms with Crippen LogP contribution in [0.5, 0.6) is 0 Å². The van der Waals surface area contributed by atoms with Gasteiger partial charge >= 0.3 is 5.97 Å². The highest BCUT2D eigenvalue weighted by Crippen LogP contribution is 2.21. The minimum atomic E-state index is -0.907. The maximum absolute atomic E-state index is 10.9. The van der Waals surface area contributed by atoms with Gasteiger partial charge in [-0.05, 0) is 19.3 Å². The molecule has 1 amide bonds. The third-order valence-corrected chi connectivity index (χ3v) is 6.54. The van der Waals surface area contributed by atoms with E-state index < -0.39 is 12.1 Å². The molecule has 30 heavy (non-hydrogen) atoms. The van der Waals surface area contributed by atoms with Crippen molar-refractivity contribution in [3.63, 3.8) is 0 Å². The SMILES string of the molecule is CCCCCCCCCCCCCCC=CC(SCCC(N)=O)C(O)CCC(=O)O. The summed E-state index contributed by atoms with van der Waals surface area (Å²) in [5.74, 6) is -0.732. The summed E-state index contributed by atoms with van der Waals surface area (Å²) in [6.07, 6.45) is 20.6. The zero-order valence-electron chi connectivity index (χ0n) is 19.0. The molecule has 0 fully saturated rings. The van der Waals surface area contributed by atoms with Crippen LogP contribution >= 0.6 is 11.8 Å². The number of unbranched alkanes of at least 4 members (excludes halogenated alkanes) is 12. The first-order valence-electron chi connectivity index (χ1n) is 11.9. The average Bonchev–Trinajstić information content (AvgIpc) is 2.70. The number of carbonyl (C=O) groups excluding carboxylic acids is 1. The standard InChI is InChI=1S/C24H45NO4S/c1-2-3-4-5-6-7-8-9-10-11-12-13-14-15-16-22(30-20-19-23(25)27)21(26)17-18-24(28)29/h15-16,21-22,26H,2-14,17-20H2,1H3,(H2,25,27)(H,28,29). The van der Waals surface area contributed by atoms with Gasteiger partial charge in [-0.1, -0.05) is 89.7 Å². The van der Waals surface area contributed by atoms with Crippen LogP contribution in [0.15, 0.2) is 12.2 Å². The van der Waals surface area contributed by atoms with E-state index in [9.17, 15) is 14.7 Å². The lowest BCUT2D eigenvalue weighted by atomic mass is 10.0. The van der Waals surface area contributed by atoms with Crippen molar-refractivity contribution in [2.45, 2.75) is 121 Å². The number of carbonyl (C=O) groups is 2. The fourth-order valence-corrected chi connectivity index (χ4v) is 4.53. The lowest BCUT2D eigenvalue weighted by molar-refractivity contribution is -0.137. The molecule has 0 saturated carbocycles. The summed E-state index contributed by atoms with van der Waals surface area (Å²) in [5.41, 5.74) is 5.17. The fraction of sp³-hybridized carbons (Fsp3) is 0.833. The van der Waals surface area contributed by atoms with Crippen LogP contribution in [0.2, 0.25) is 0 Å². The van der Waals surface area contributed by atoms with Crippen LogP contribution in [0.3, 0.4) is 0 Å². The highest BCUT2D eigenvalue weighted by atomic mass is 32.2. The van der Waals surface area contributed by atoms with Crippen LogP contribution in [0, 0.1) is 0 Å². The van der Waals surface area contributed by atoms with Crippen molar-refractivity contribution in [3.05, 3.63) is 12.2 Å². The number of rotatable bonds is 22. The van der Waals surface area contributed by atoms with E-state index in [1.807, 2.05) is 6.08 Å². The van der Waals surface area contributed by atoms with Gasteiger partial charge in [0.25, 0.3) is 0 Å². The van der Waals surface area contributed by atoms with Crippen molar-refractivity contribution < 1.29 is 19.8 Å². The molecule has 5 nitrogen and oxygen atoms in total. The molecular weight excluding hydrogens is 398 g/mol. The Kier molecular flexibility index (Phi) is 20.5. The first kappa shape index (κ1) is 29.0. The van der Waals surface area contributed by atoms with Gasteiger partial charge in [0.15, 0.2) is 0 Å². The van der Waals surface area contributed by atoms with Gasteiger partial charge in [0, 0.05) is 23.8 Å². The van der Waals surface area contributed by atoms with E-state index >= 15 is 0 Å². The average molecular weight is 444 g/mol. The molecular formula is C24H45NO4S. The van der Waals surface area contributed by atoms with Crippen LogP contribution in [-0.4, -0.2) is 39.2 Å². The lowest BCUT2D eigenvalue weighted by Gasteiger charge is -2.18. The van der Waals surface area contributed by atoms with Gasteiger partial charge < -0.3 is 15.9 Å². The molecule has 0 aromatic heterocycles. The number of aliphatic hydroxyl groups excluding tert-OH is 1. The van der Waals surface area contributed by atoms with E-state index in [2.05, 4.69) is 13.0 Å². The second-order valence-corrected chi connectivity index (χ2v) is 9.44. The molecule has 2 atom stereocenters. The Morgan fingerprint density at radius 1 is 0.900 bits per heavy atom. The van der Waals surface area contributed by atoms with E-state index in [1.54, 1.807) is 0 Å². The van der Waals surface area contributed by atoms with Crippen molar-refractivity contribution in [2.75, 3.05) is 5.75 Å². The number of carboxylic acid groups (broad SMARTS) is 1. The van der Waals surface area contributed by atoms with Crippen molar-refractivity contribution in [1.82, 2.24) is 0 Å². The Labute approximate surface area is 188 Å². The third-order valence-electron chi connectivity index (χ3n) is 5.24. The smallest absolute Gasteiger partial charge is 0.303 e. The number of hydrogen-bond donors (Lipinski definition) is 3. The molecule has 0 rings (SSSR count). The Morgan fingerprint density at radius 3 is 1.93 bits per heavy atom. The van der Waals surface area contributed by atoms with Gasteiger partial charge in [-0.3, -0.25) is 9.59 Å². The zero-order valence-corrected chi connectivity index (χ0v) is 19.8. The van der Waals surface area contributed by atoms with Crippen LogP contribution < -0.4 is 5.73 Å². The third kappa shape index (κ3) is 20.3. The first-order valence-corrected chi connectivity index (χ1v) is 13.0. The molecule has 176 valence electrons. The first-order chi connectivity index (χ1) is 14.5. The summed E-state index contributed by atoms with van der Waals surface area (Å²) in [5, 5.41) is 18.9. The van der Waals surface area contributed by atoms with E-state index in [-0.39, 0.29) is 30.4 Å².